The van der Waals surface area contributed by atoms with Crippen molar-refractivity contribution >= 4 is 11.6 Å². The van der Waals surface area contributed by atoms with Gasteiger partial charge in [0.15, 0.2) is 11.6 Å². The fourth-order valence-corrected chi connectivity index (χ4v) is 2.28. The third kappa shape index (κ3) is 2.38. The van der Waals surface area contributed by atoms with Crippen LogP contribution in [0.2, 0.25) is 0 Å². The van der Waals surface area contributed by atoms with E-state index in [1.54, 1.807) is 12.1 Å². The zero-order chi connectivity index (χ0) is 11.5. The molecule has 0 N–H and O–H groups in total. The van der Waals surface area contributed by atoms with Gasteiger partial charge in [-0.2, -0.15) is 0 Å². The van der Waals surface area contributed by atoms with Crippen LogP contribution < -0.4 is 4.74 Å². The standard InChI is InChI=1S/C13H14ClFO/c1-16-12-4-2-3-10(13(12)15)7-9-5-6-11(14)8-9/h2-4,8,11H,5-7H2,1H3. The van der Waals surface area contributed by atoms with E-state index in [1.165, 1.54) is 12.7 Å². The Balaban J connectivity index is 2.18. The highest BCUT2D eigenvalue weighted by molar-refractivity contribution is 6.22. The molecule has 3 heteroatoms. The van der Waals surface area contributed by atoms with Crippen molar-refractivity contribution in [1.29, 1.82) is 0 Å². The number of ether oxygens (including phenoxy) is 1. The van der Waals surface area contributed by atoms with Crippen molar-refractivity contribution < 1.29 is 9.13 Å². The fraction of sp³-hybridized carbons (Fsp3) is 0.385. The number of halogens is 2. The molecule has 0 saturated heterocycles. The molecule has 0 bridgehead atoms. The van der Waals surface area contributed by atoms with Gasteiger partial charge in [0.25, 0.3) is 0 Å². The summed E-state index contributed by atoms with van der Waals surface area (Å²) in [6.07, 6.45) is 4.58. The quantitative estimate of drug-likeness (QED) is 0.578. The van der Waals surface area contributed by atoms with Gasteiger partial charge < -0.3 is 4.74 Å². The van der Waals surface area contributed by atoms with E-state index in [0.29, 0.717) is 17.7 Å². The molecule has 2 rings (SSSR count). The summed E-state index contributed by atoms with van der Waals surface area (Å²) < 4.78 is 18.8. The SMILES string of the molecule is COc1cccc(CC2=CC(Cl)CC2)c1F. The van der Waals surface area contributed by atoms with Crippen LogP contribution in [0.4, 0.5) is 4.39 Å². The Labute approximate surface area is 99.9 Å². The van der Waals surface area contributed by atoms with Crippen LogP contribution >= 0.6 is 11.6 Å². The van der Waals surface area contributed by atoms with Crippen LogP contribution in [-0.4, -0.2) is 12.5 Å². The molecule has 1 aromatic carbocycles. The van der Waals surface area contributed by atoms with E-state index >= 15 is 0 Å². The van der Waals surface area contributed by atoms with Gasteiger partial charge in [-0.05, 0) is 30.9 Å². The molecule has 0 fully saturated rings. The van der Waals surface area contributed by atoms with Crippen LogP contribution in [0.25, 0.3) is 0 Å². The minimum Gasteiger partial charge on any atom is -0.494 e. The first-order valence-electron chi connectivity index (χ1n) is 5.35. The number of benzene rings is 1. The first-order valence-corrected chi connectivity index (χ1v) is 5.79. The van der Waals surface area contributed by atoms with Crippen molar-refractivity contribution in [2.75, 3.05) is 7.11 Å². The lowest BCUT2D eigenvalue weighted by molar-refractivity contribution is 0.384. The van der Waals surface area contributed by atoms with Gasteiger partial charge in [-0.3, -0.25) is 0 Å². The Morgan fingerprint density at radius 2 is 2.31 bits per heavy atom. The van der Waals surface area contributed by atoms with Crippen molar-refractivity contribution in [1.82, 2.24) is 0 Å². The van der Waals surface area contributed by atoms with E-state index in [9.17, 15) is 4.39 Å². The molecular weight excluding hydrogens is 227 g/mol. The van der Waals surface area contributed by atoms with E-state index in [2.05, 4.69) is 0 Å². The maximum Gasteiger partial charge on any atom is 0.168 e. The molecular formula is C13H14ClFO. The third-order valence-electron chi connectivity index (χ3n) is 2.84. The molecule has 0 radical (unpaired) electrons. The number of hydrogen-bond donors (Lipinski definition) is 0. The molecule has 1 atom stereocenters. The van der Waals surface area contributed by atoms with Gasteiger partial charge in [0.2, 0.25) is 0 Å². The maximum absolute atomic E-state index is 13.8. The molecule has 0 aliphatic heterocycles. The lowest BCUT2D eigenvalue weighted by Gasteiger charge is -2.07. The van der Waals surface area contributed by atoms with Gasteiger partial charge >= 0.3 is 0 Å². The number of methoxy groups -OCH3 is 1. The zero-order valence-electron chi connectivity index (χ0n) is 9.17. The van der Waals surface area contributed by atoms with Crippen molar-refractivity contribution in [3.8, 4) is 5.75 Å². The van der Waals surface area contributed by atoms with Crippen LogP contribution in [0.15, 0.2) is 29.8 Å². The van der Waals surface area contributed by atoms with Gasteiger partial charge in [0.1, 0.15) is 0 Å². The molecule has 0 aromatic heterocycles. The van der Waals surface area contributed by atoms with Crippen LogP contribution in [-0.2, 0) is 6.42 Å². The lowest BCUT2D eigenvalue weighted by atomic mass is 10.0. The van der Waals surface area contributed by atoms with Gasteiger partial charge in [0.05, 0.1) is 12.5 Å². The minimum absolute atomic E-state index is 0.115. The largest absolute Gasteiger partial charge is 0.494 e. The van der Waals surface area contributed by atoms with Gasteiger partial charge in [0, 0.05) is 0 Å². The highest BCUT2D eigenvalue weighted by Gasteiger charge is 2.16. The molecule has 0 spiro atoms. The molecule has 1 unspecified atom stereocenters. The second kappa shape index (κ2) is 4.88. The number of allylic oxidation sites excluding steroid dienone is 2. The average Bonchev–Trinajstić information content (AvgIpc) is 2.67. The summed E-state index contributed by atoms with van der Waals surface area (Å²) in [7, 11) is 1.48. The van der Waals surface area contributed by atoms with E-state index in [4.69, 9.17) is 16.3 Å². The van der Waals surface area contributed by atoms with Crippen molar-refractivity contribution in [2.45, 2.75) is 24.6 Å². The summed E-state index contributed by atoms with van der Waals surface area (Å²) in [5.74, 6) is 0.0439. The normalized spacial score (nSPS) is 19.7. The third-order valence-corrected chi connectivity index (χ3v) is 3.18. The Kier molecular flexibility index (Phi) is 3.49. The fourth-order valence-electron chi connectivity index (χ4n) is 1.99. The van der Waals surface area contributed by atoms with Gasteiger partial charge in [-0.15, -0.1) is 11.6 Å². The second-order valence-electron chi connectivity index (χ2n) is 3.99. The van der Waals surface area contributed by atoms with Crippen molar-refractivity contribution in [3.05, 3.63) is 41.2 Å². The maximum atomic E-state index is 13.8. The Morgan fingerprint density at radius 3 is 2.94 bits per heavy atom. The minimum atomic E-state index is -0.260. The first-order chi connectivity index (χ1) is 7.70. The molecule has 1 aliphatic rings. The second-order valence-corrected chi connectivity index (χ2v) is 4.55. The lowest BCUT2D eigenvalue weighted by Crippen LogP contribution is -1.96. The van der Waals surface area contributed by atoms with Crippen molar-refractivity contribution in [2.24, 2.45) is 0 Å². The van der Waals surface area contributed by atoms with Gasteiger partial charge in [-0.1, -0.05) is 23.8 Å². The first kappa shape index (κ1) is 11.5. The van der Waals surface area contributed by atoms with Crippen LogP contribution in [0.3, 0.4) is 0 Å². The van der Waals surface area contributed by atoms with E-state index in [-0.39, 0.29) is 11.2 Å². The number of hydrogen-bond acceptors (Lipinski definition) is 1. The summed E-state index contributed by atoms with van der Waals surface area (Å²) in [5, 5.41) is 0.115. The highest BCUT2D eigenvalue weighted by Crippen LogP contribution is 2.28. The molecule has 0 amide bonds. The monoisotopic (exact) mass is 240 g/mol. The van der Waals surface area contributed by atoms with Crippen LogP contribution in [0.5, 0.6) is 5.75 Å². The molecule has 1 nitrogen and oxygen atoms in total. The predicted molar refractivity (Wildman–Crippen MR) is 63.6 cm³/mol. The van der Waals surface area contributed by atoms with E-state index in [0.717, 1.165) is 12.8 Å². The molecule has 1 aliphatic carbocycles. The zero-order valence-corrected chi connectivity index (χ0v) is 9.93. The Bertz CT molecular complexity index is 414. The average molecular weight is 241 g/mol. The van der Waals surface area contributed by atoms with Crippen LogP contribution in [0, 0.1) is 5.82 Å². The molecule has 0 heterocycles. The van der Waals surface area contributed by atoms with Gasteiger partial charge in [-0.25, -0.2) is 4.39 Å². The number of alkyl halides is 1. The molecule has 86 valence electrons. The summed E-state index contributed by atoms with van der Waals surface area (Å²) in [6.45, 7) is 0. The Morgan fingerprint density at radius 1 is 1.50 bits per heavy atom. The Hall–Kier alpha value is -1.02. The highest BCUT2D eigenvalue weighted by atomic mass is 35.5. The summed E-state index contributed by atoms with van der Waals surface area (Å²) in [5.41, 5.74) is 1.89. The smallest absolute Gasteiger partial charge is 0.168 e. The summed E-state index contributed by atoms with van der Waals surface area (Å²) >= 11 is 5.98. The number of rotatable bonds is 3. The molecule has 16 heavy (non-hydrogen) atoms. The van der Waals surface area contributed by atoms with E-state index < -0.39 is 0 Å². The topological polar surface area (TPSA) is 9.23 Å². The van der Waals surface area contributed by atoms with E-state index in [1.807, 2.05) is 12.1 Å². The van der Waals surface area contributed by atoms with Crippen molar-refractivity contribution in [3.63, 3.8) is 0 Å². The summed E-state index contributed by atoms with van der Waals surface area (Å²) in [6, 6.07) is 5.23. The molecule has 1 aromatic rings. The van der Waals surface area contributed by atoms with Crippen LogP contribution in [0.1, 0.15) is 18.4 Å². The summed E-state index contributed by atoms with van der Waals surface area (Å²) in [4.78, 5) is 0. The molecule has 0 saturated carbocycles. The predicted octanol–water partition coefficient (Wildman–Crippen LogP) is 3.70.